The Hall–Kier alpha value is -1.80. The summed E-state index contributed by atoms with van der Waals surface area (Å²) in [7, 11) is -1.90. The molecule has 1 aromatic carbocycles. The van der Waals surface area contributed by atoms with Crippen molar-refractivity contribution in [3.05, 3.63) is 39.7 Å². The lowest BCUT2D eigenvalue weighted by molar-refractivity contribution is 0.199. The van der Waals surface area contributed by atoms with Gasteiger partial charge in [-0.2, -0.15) is 0 Å². The number of aryl methyl sites for hydroxylation is 1. The predicted molar refractivity (Wildman–Crippen MR) is 81.0 cm³/mol. The SMILES string of the molecule is COCCCS(=O)(=O)Cc1nc2c(C)cc(F)cc2c(=O)[nH]1. The number of aromatic nitrogens is 2. The Morgan fingerprint density at radius 3 is 2.77 bits per heavy atom. The van der Waals surface area contributed by atoms with Gasteiger partial charge in [-0.25, -0.2) is 17.8 Å². The largest absolute Gasteiger partial charge is 0.385 e. The smallest absolute Gasteiger partial charge is 0.258 e. The highest BCUT2D eigenvalue weighted by Gasteiger charge is 2.15. The van der Waals surface area contributed by atoms with Gasteiger partial charge < -0.3 is 9.72 Å². The molecular weight excluding hydrogens is 311 g/mol. The van der Waals surface area contributed by atoms with E-state index in [0.29, 0.717) is 24.1 Å². The first-order valence-electron chi connectivity index (χ1n) is 6.71. The Balaban J connectivity index is 2.36. The first-order valence-corrected chi connectivity index (χ1v) is 8.53. The van der Waals surface area contributed by atoms with Crippen molar-refractivity contribution in [2.75, 3.05) is 19.5 Å². The highest BCUT2D eigenvalue weighted by molar-refractivity contribution is 7.90. The van der Waals surface area contributed by atoms with E-state index in [0.717, 1.165) is 6.07 Å². The quantitative estimate of drug-likeness (QED) is 0.808. The van der Waals surface area contributed by atoms with Crippen LogP contribution in [0, 0.1) is 12.7 Å². The van der Waals surface area contributed by atoms with E-state index >= 15 is 0 Å². The zero-order valence-corrected chi connectivity index (χ0v) is 13.2. The van der Waals surface area contributed by atoms with Crippen molar-refractivity contribution < 1.29 is 17.5 Å². The Morgan fingerprint density at radius 1 is 1.36 bits per heavy atom. The Bertz CT molecular complexity index is 846. The minimum atomic E-state index is -3.40. The molecule has 0 saturated heterocycles. The molecule has 1 N–H and O–H groups in total. The van der Waals surface area contributed by atoms with E-state index in [2.05, 4.69) is 9.97 Å². The number of H-pyrrole nitrogens is 1. The number of methoxy groups -OCH3 is 1. The highest BCUT2D eigenvalue weighted by atomic mass is 32.2. The van der Waals surface area contributed by atoms with Crippen LogP contribution in [0.1, 0.15) is 17.8 Å². The molecule has 2 rings (SSSR count). The molecular formula is C14H17FN2O4S. The molecule has 1 heterocycles. The van der Waals surface area contributed by atoms with E-state index in [1.165, 1.54) is 13.2 Å². The molecule has 0 radical (unpaired) electrons. The van der Waals surface area contributed by atoms with Gasteiger partial charge in [-0.15, -0.1) is 0 Å². The summed E-state index contributed by atoms with van der Waals surface area (Å²) in [5, 5.41) is 0.109. The molecule has 0 atom stereocenters. The maximum atomic E-state index is 13.3. The molecule has 0 aliphatic heterocycles. The third-order valence-corrected chi connectivity index (χ3v) is 4.80. The third-order valence-electron chi connectivity index (χ3n) is 3.17. The number of benzene rings is 1. The highest BCUT2D eigenvalue weighted by Crippen LogP contribution is 2.15. The number of fused-ring (bicyclic) bond motifs is 1. The molecule has 8 heteroatoms. The Labute approximate surface area is 127 Å². The Morgan fingerprint density at radius 2 is 2.09 bits per heavy atom. The molecule has 6 nitrogen and oxygen atoms in total. The topological polar surface area (TPSA) is 89.1 Å². The average Bonchev–Trinajstić information content (AvgIpc) is 2.40. The molecule has 0 amide bonds. The van der Waals surface area contributed by atoms with Gasteiger partial charge in [-0.3, -0.25) is 4.79 Å². The summed E-state index contributed by atoms with van der Waals surface area (Å²) in [5.41, 5.74) is 0.251. The zero-order chi connectivity index (χ0) is 16.3. The van der Waals surface area contributed by atoms with E-state index in [1.807, 2.05) is 0 Å². The van der Waals surface area contributed by atoms with Crippen LogP contribution in [0.15, 0.2) is 16.9 Å². The minimum Gasteiger partial charge on any atom is -0.385 e. The monoisotopic (exact) mass is 328 g/mol. The summed E-state index contributed by atoms with van der Waals surface area (Å²) in [5.74, 6) is -0.883. The van der Waals surface area contributed by atoms with Gasteiger partial charge in [-0.1, -0.05) is 0 Å². The lowest BCUT2D eigenvalue weighted by atomic mass is 10.1. The maximum absolute atomic E-state index is 13.3. The molecule has 22 heavy (non-hydrogen) atoms. The van der Waals surface area contributed by atoms with Crippen molar-refractivity contribution in [2.45, 2.75) is 19.1 Å². The number of ether oxygens (including phenoxy) is 1. The van der Waals surface area contributed by atoms with E-state index < -0.39 is 21.2 Å². The van der Waals surface area contributed by atoms with Crippen molar-refractivity contribution in [3.63, 3.8) is 0 Å². The molecule has 0 aliphatic carbocycles. The van der Waals surface area contributed by atoms with E-state index in [-0.39, 0.29) is 22.7 Å². The first kappa shape index (κ1) is 16.6. The van der Waals surface area contributed by atoms with Gasteiger partial charge in [0.15, 0.2) is 9.84 Å². The molecule has 0 unspecified atom stereocenters. The number of nitrogens with zero attached hydrogens (tertiary/aromatic N) is 1. The molecule has 2 aromatic rings. The fourth-order valence-corrected chi connectivity index (χ4v) is 3.45. The summed E-state index contributed by atoms with van der Waals surface area (Å²) in [6.45, 7) is 1.97. The van der Waals surface area contributed by atoms with Gasteiger partial charge in [0.05, 0.1) is 16.7 Å². The van der Waals surface area contributed by atoms with Crippen molar-refractivity contribution in [3.8, 4) is 0 Å². The lowest BCUT2D eigenvalue weighted by Crippen LogP contribution is -2.18. The minimum absolute atomic E-state index is 0.0506. The number of hydrogen-bond acceptors (Lipinski definition) is 5. The van der Waals surface area contributed by atoms with E-state index in [9.17, 15) is 17.6 Å². The number of nitrogens with one attached hydrogen (secondary N) is 1. The molecule has 1 aromatic heterocycles. The molecule has 0 bridgehead atoms. The molecule has 0 saturated carbocycles. The molecule has 0 fully saturated rings. The second-order valence-electron chi connectivity index (χ2n) is 5.07. The van der Waals surface area contributed by atoms with Gasteiger partial charge in [0.2, 0.25) is 0 Å². The number of hydrogen-bond donors (Lipinski definition) is 1. The standard InChI is InChI=1S/C14H17FN2O4S/c1-9-6-10(15)7-11-13(9)16-12(17-14(11)18)8-22(19,20)5-3-4-21-2/h6-7H,3-5,8H2,1-2H3,(H,16,17,18). The van der Waals surface area contributed by atoms with Gasteiger partial charge in [-0.05, 0) is 31.0 Å². The second kappa shape index (κ2) is 6.53. The number of halogens is 1. The van der Waals surface area contributed by atoms with Crippen LogP contribution in [0.25, 0.3) is 10.9 Å². The van der Waals surface area contributed by atoms with Crippen LogP contribution >= 0.6 is 0 Å². The van der Waals surface area contributed by atoms with E-state index in [4.69, 9.17) is 4.74 Å². The van der Waals surface area contributed by atoms with Crippen LogP contribution < -0.4 is 5.56 Å². The molecule has 0 spiro atoms. The van der Waals surface area contributed by atoms with Crippen molar-refractivity contribution in [1.82, 2.24) is 9.97 Å². The number of aromatic amines is 1. The van der Waals surface area contributed by atoms with Crippen LogP contribution in [0.5, 0.6) is 0 Å². The van der Waals surface area contributed by atoms with Crippen LogP contribution in [-0.4, -0.2) is 37.9 Å². The summed E-state index contributed by atoms with van der Waals surface area (Å²) in [6, 6.07) is 2.34. The second-order valence-corrected chi connectivity index (χ2v) is 7.25. The predicted octanol–water partition coefficient (Wildman–Crippen LogP) is 1.32. The summed E-state index contributed by atoms with van der Waals surface area (Å²) in [6.07, 6.45) is 0.376. The van der Waals surface area contributed by atoms with Gasteiger partial charge in [0, 0.05) is 13.7 Å². The van der Waals surface area contributed by atoms with Crippen molar-refractivity contribution in [1.29, 1.82) is 0 Å². The lowest BCUT2D eigenvalue weighted by Gasteiger charge is -2.06. The van der Waals surface area contributed by atoms with Crippen LogP contribution in [0.4, 0.5) is 4.39 Å². The zero-order valence-electron chi connectivity index (χ0n) is 12.3. The Kier molecular flexibility index (Phi) is 4.92. The van der Waals surface area contributed by atoms with Crippen molar-refractivity contribution >= 4 is 20.7 Å². The maximum Gasteiger partial charge on any atom is 0.258 e. The van der Waals surface area contributed by atoms with Crippen LogP contribution in [0.2, 0.25) is 0 Å². The molecule has 0 aliphatic rings. The number of rotatable bonds is 6. The summed E-state index contributed by atoms with van der Waals surface area (Å²) >= 11 is 0. The normalized spacial score (nSPS) is 12.0. The average molecular weight is 328 g/mol. The third kappa shape index (κ3) is 3.89. The number of sulfone groups is 1. The summed E-state index contributed by atoms with van der Waals surface area (Å²) in [4.78, 5) is 18.5. The van der Waals surface area contributed by atoms with Crippen LogP contribution in [0.3, 0.4) is 0 Å². The fourth-order valence-electron chi connectivity index (χ4n) is 2.19. The molecule has 120 valence electrons. The van der Waals surface area contributed by atoms with Gasteiger partial charge in [0.1, 0.15) is 17.4 Å². The van der Waals surface area contributed by atoms with Crippen LogP contribution in [-0.2, 0) is 20.3 Å². The summed E-state index contributed by atoms with van der Waals surface area (Å²) < 4.78 is 42.1. The van der Waals surface area contributed by atoms with Gasteiger partial charge in [0.25, 0.3) is 5.56 Å². The van der Waals surface area contributed by atoms with Gasteiger partial charge >= 0.3 is 0 Å². The first-order chi connectivity index (χ1) is 10.3. The van der Waals surface area contributed by atoms with Crippen molar-refractivity contribution in [2.24, 2.45) is 0 Å². The van der Waals surface area contributed by atoms with E-state index in [1.54, 1.807) is 6.92 Å². The fraction of sp³-hybridized carbons (Fsp3) is 0.429.